The summed E-state index contributed by atoms with van der Waals surface area (Å²) in [6.45, 7) is 6.55. The average molecular weight is 453 g/mol. The zero-order chi connectivity index (χ0) is 23.7. The molecule has 4 nitrogen and oxygen atoms in total. The van der Waals surface area contributed by atoms with Gasteiger partial charge in [0, 0.05) is 12.0 Å². The number of unbranched alkanes of at least 4 members (excludes halogenated alkanes) is 9. The van der Waals surface area contributed by atoms with Crippen LogP contribution in [0.25, 0.3) is 11.4 Å². The highest BCUT2D eigenvalue weighted by molar-refractivity contribution is 5.72. The van der Waals surface area contributed by atoms with Crippen molar-refractivity contribution in [3.63, 3.8) is 0 Å². The van der Waals surface area contributed by atoms with E-state index in [2.05, 4.69) is 55.0 Å². The maximum absolute atomic E-state index is 12.0. The van der Waals surface area contributed by atoms with Crippen LogP contribution in [-0.4, -0.2) is 15.9 Å². The van der Waals surface area contributed by atoms with E-state index >= 15 is 0 Å². The standard InChI is InChI=1S/C29H44N2O2/c1-4-6-7-8-9-10-11-12-13-14-15-25-17-19-26(20-18-25)29-30-22-27(23-31-29)33-28(32)21-16-24(3)5-2/h17-20,22-24H,4-16,21H2,1-3H3. The van der Waals surface area contributed by atoms with E-state index in [-0.39, 0.29) is 5.97 Å². The summed E-state index contributed by atoms with van der Waals surface area (Å²) in [5.41, 5.74) is 2.35. The van der Waals surface area contributed by atoms with Gasteiger partial charge < -0.3 is 4.74 Å². The first kappa shape index (κ1) is 27.0. The maximum Gasteiger partial charge on any atom is 0.311 e. The molecule has 0 aliphatic heterocycles. The van der Waals surface area contributed by atoms with E-state index < -0.39 is 0 Å². The Morgan fingerprint density at radius 1 is 0.848 bits per heavy atom. The van der Waals surface area contributed by atoms with Gasteiger partial charge in [0.1, 0.15) is 0 Å². The Balaban J connectivity index is 1.66. The molecule has 182 valence electrons. The summed E-state index contributed by atoms with van der Waals surface area (Å²) < 4.78 is 5.36. The van der Waals surface area contributed by atoms with Crippen LogP contribution in [0.1, 0.15) is 110 Å². The molecule has 0 radical (unpaired) electrons. The predicted molar refractivity (Wildman–Crippen MR) is 137 cm³/mol. The van der Waals surface area contributed by atoms with Crippen molar-refractivity contribution < 1.29 is 9.53 Å². The summed E-state index contributed by atoms with van der Waals surface area (Å²) >= 11 is 0. The lowest BCUT2D eigenvalue weighted by molar-refractivity contribution is -0.134. The molecule has 0 aliphatic rings. The van der Waals surface area contributed by atoms with Gasteiger partial charge in [-0.3, -0.25) is 4.79 Å². The van der Waals surface area contributed by atoms with Crippen molar-refractivity contribution in [3.8, 4) is 17.1 Å². The fraction of sp³-hybridized carbons (Fsp3) is 0.621. The number of benzene rings is 1. The lowest BCUT2D eigenvalue weighted by atomic mass is 10.0. The molecule has 0 aliphatic carbocycles. The molecule has 1 unspecified atom stereocenters. The van der Waals surface area contributed by atoms with E-state index in [0.29, 0.717) is 23.9 Å². The van der Waals surface area contributed by atoms with Crippen molar-refractivity contribution in [2.45, 2.75) is 111 Å². The molecule has 1 aromatic carbocycles. The molecule has 0 saturated carbocycles. The van der Waals surface area contributed by atoms with E-state index in [9.17, 15) is 4.79 Å². The van der Waals surface area contributed by atoms with Crippen molar-refractivity contribution in [2.24, 2.45) is 5.92 Å². The summed E-state index contributed by atoms with van der Waals surface area (Å²) in [6, 6.07) is 8.52. The van der Waals surface area contributed by atoms with Crippen LogP contribution >= 0.6 is 0 Å². The Kier molecular flexibility index (Phi) is 13.4. The van der Waals surface area contributed by atoms with Crippen molar-refractivity contribution in [1.82, 2.24) is 9.97 Å². The zero-order valence-electron chi connectivity index (χ0n) is 21.2. The summed E-state index contributed by atoms with van der Waals surface area (Å²) in [7, 11) is 0. The lowest BCUT2D eigenvalue weighted by Crippen LogP contribution is -2.10. The minimum atomic E-state index is -0.219. The molecular weight excluding hydrogens is 408 g/mol. The van der Waals surface area contributed by atoms with Gasteiger partial charge >= 0.3 is 5.97 Å². The van der Waals surface area contributed by atoms with Crippen LogP contribution in [-0.2, 0) is 11.2 Å². The maximum atomic E-state index is 12.0. The third-order valence-electron chi connectivity index (χ3n) is 6.43. The number of hydrogen-bond donors (Lipinski definition) is 0. The van der Waals surface area contributed by atoms with Crippen molar-refractivity contribution in [2.75, 3.05) is 0 Å². The Morgan fingerprint density at radius 2 is 1.42 bits per heavy atom. The second-order valence-corrected chi connectivity index (χ2v) is 9.40. The summed E-state index contributed by atoms with van der Waals surface area (Å²) in [5, 5.41) is 0. The normalized spacial score (nSPS) is 12.0. The molecule has 2 rings (SSSR count). The van der Waals surface area contributed by atoms with Crippen LogP contribution in [0.2, 0.25) is 0 Å². The van der Waals surface area contributed by atoms with Crippen LogP contribution < -0.4 is 4.74 Å². The minimum Gasteiger partial charge on any atom is -0.423 e. The van der Waals surface area contributed by atoms with Crippen molar-refractivity contribution in [1.29, 1.82) is 0 Å². The molecular formula is C29H44N2O2. The number of rotatable bonds is 17. The number of carbonyl (C=O) groups excluding carboxylic acids is 1. The molecule has 0 saturated heterocycles. The highest BCUT2D eigenvalue weighted by Crippen LogP contribution is 2.19. The predicted octanol–water partition coefficient (Wildman–Crippen LogP) is 8.34. The van der Waals surface area contributed by atoms with E-state index in [4.69, 9.17) is 4.74 Å². The first-order valence-electron chi connectivity index (χ1n) is 13.2. The Hall–Kier alpha value is -2.23. The van der Waals surface area contributed by atoms with Crippen molar-refractivity contribution >= 4 is 5.97 Å². The molecule has 0 amide bonds. The number of nitrogens with zero attached hydrogens (tertiary/aromatic N) is 2. The van der Waals surface area contributed by atoms with Gasteiger partial charge in [-0.05, 0) is 30.7 Å². The number of ether oxygens (including phenoxy) is 1. The van der Waals surface area contributed by atoms with Gasteiger partial charge in [-0.2, -0.15) is 0 Å². The summed E-state index contributed by atoms with van der Waals surface area (Å²) in [4.78, 5) is 20.7. The fourth-order valence-corrected chi connectivity index (χ4v) is 3.91. The van der Waals surface area contributed by atoms with E-state index in [1.807, 2.05) is 0 Å². The first-order chi connectivity index (χ1) is 16.1. The summed E-state index contributed by atoms with van der Waals surface area (Å²) in [6.07, 6.45) is 20.3. The van der Waals surface area contributed by atoms with Gasteiger partial charge in [-0.1, -0.05) is 109 Å². The van der Waals surface area contributed by atoms with Gasteiger partial charge in [0.05, 0.1) is 12.4 Å². The zero-order valence-corrected chi connectivity index (χ0v) is 21.2. The largest absolute Gasteiger partial charge is 0.423 e. The number of hydrogen-bond acceptors (Lipinski definition) is 4. The second kappa shape index (κ2) is 16.4. The molecule has 33 heavy (non-hydrogen) atoms. The van der Waals surface area contributed by atoms with Gasteiger partial charge in [-0.15, -0.1) is 0 Å². The highest BCUT2D eigenvalue weighted by atomic mass is 16.5. The Bertz CT molecular complexity index is 771. The summed E-state index contributed by atoms with van der Waals surface area (Å²) in [5.74, 6) is 1.37. The van der Waals surface area contributed by atoms with Gasteiger partial charge in [0.15, 0.2) is 11.6 Å². The number of carbonyl (C=O) groups is 1. The van der Waals surface area contributed by atoms with Gasteiger partial charge in [0.25, 0.3) is 0 Å². The number of aromatic nitrogens is 2. The molecule has 2 aromatic rings. The molecule has 4 heteroatoms. The quantitative estimate of drug-likeness (QED) is 0.179. The van der Waals surface area contributed by atoms with Crippen LogP contribution in [0, 0.1) is 5.92 Å². The molecule has 1 atom stereocenters. The third-order valence-corrected chi connectivity index (χ3v) is 6.43. The molecule has 0 fully saturated rings. The fourth-order valence-electron chi connectivity index (χ4n) is 3.91. The Morgan fingerprint density at radius 3 is 2.00 bits per heavy atom. The molecule has 0 spiro atoms. The molecule has 0 N–H and O–H groups in total. The van der Waals surface area contributed by atoms with Crippen LogP contribution in [0.3, 0.4) is 0 Å². The first-order valence-corrected chi connectivity index (χ1v) is 13.2. The van der Waals surface area contributed by atoms with Gasteiger partial charge in [0.2, 0.25) is 0 Å². The molecule has 1 heterocycles. The highest BCUT2D eigenvalue weighted by Gasteiger charge is 2.09. The smallest absolute Gasteiger partial charge is 0.311 e. The molecule has 1 aromatic heterocycles. The minimum absolute atomic E-state index is 0.219. The topological polar surface area (TPSA) is 52.1 Å². The Labute approximate surface area is 201 Å². The van der Waals surface area contributed by atoms with E-state index in [0.717, 1.165) is 24.8 Å². The van der Waals surface area contributed by atoms with Crippen LogP contribution in [0.15, 0.2) is 36.7 Å². The third kappa shape index (κ3) is 11.5. The van der Waals surface area contributed by atoms with Crippen molar-refractivity contribution in [3.05, 3.63) is 42.2 Å². The van der Waals surface area contributed by atoms with E-state index in [1.165, 1.54) is 69.8 Å². The monoisotopic (exact) mass is 452 g/mol. The van der Waals surface area contributed by atoms with E-state index in [1.54, 1.807) is 12.4 Å². The van der Waals surface area contributed by atoms with Gasteiger partial charge in [-0.25, -0.2) is 9.97 Å². The number of esters is 1. The second-order valence-electron chi connectivity index (χ2n) is 9.40. The SMILES string of the molecule is CCCCCCCCCCCCc1ccc(-c2ncc(OC(=O)CCC(C)CC)cn2)cc1. The molecule has 0 bridgehead atoms. The number of aryl methyl sites for hydroxylation is 1. The average Bonchev–Trinajstić information content (AvgIpc) is 2.84. The lowest BCUT2D eigenvalue weighted by Gasteiger charge is -2.08. The van der Waals surface area contributed by atoms with Crippen LogP contribution in [0.5, 0.6) is 5.75 Å². The van der Waals surface area contributed by atoms with Crippen LogP contribution in [0.4, 0.5) is 0 Å².